The number of ether oxygens (including phenoxy) is 1. The highest BCUT2D eigenvalue weighted by Crippen LogP contribution is 2.22. The zero-order chi connectivity index (χ0) is 17.9. The van der Waals surface area contributed by atoms with Gasteiger partial charge in [0.2, 0.25) is 0 Å². The molecule has 4 rings (SSSR count). The van der Waals surface area contributed by atoms with Crippen LogP contribution in [0.5, 0.6) is 0 Å². The molecule has 0 spiro atoms. The second kappa shape index (κ2) is 7.14. The Morgan fingerprint density at radius 2 is 1.85 bits per heavy atom. The zero-order valence-corrected chi connectivity index (χ0v) is 14.3. The summed E-state index contributed by atoms with van der Waals surface area (Å²) in [7, 11) is 0. The summed E-state index contributed by atoms with van der Waals surface area (Å²) >= 11 is 0. The minimum absolute atomic E-state index is 0.0216. The molecule has 1 aromatic heterocycles. The van der Waals surface area contributed by atoms with E-state index in [1.54, 1.807) is 23.1 Å². The van der Waals surface area contributed by atoms with Crippen molar-refractivity contribution in [2.45, 2.75) is 18.9 Å². The third kappa shape index (κ3) is 3.26. The van der Waals surface area contributed by atoms with Crippen LogP contribution in [0.4, 0.5) is 5.69 Å². The average molecular weight is 349 g/mol. The molecule has 0 N–H and O–H groups in total. The largest absolute Gasteiger partial charge is 0.422 e. The van der Waals surface area contributed by atoms with Crippen LogP contribution in [0.1, 0.15) is 23.2 Å². The molecular weight excluding hydrogens is 330 g/mol. The highest BCUT2D eigenvalue weighted by Gasteiger charge is 2.26. The molecule has 2 heterocycles. The van der Waals surface area contributed by atoms with Gasteiger partial charge in [-0.15, -0.1) is 0 Å². The van der Waals surface area contributed by atoms with E-state index in [1.807, 2.05) is 42.5 Å². The maximum atomic E-state index is 13.2. The Bertz CT molecular complexity index is 974. The van der Waals surface area contributed by atoms with E-state index in [4.69, 9.17) is 9.15 Å². The van der Waals surface area contributed by atoms with Crippen LogP contribution >= 0.6 is 0 Å². The van der Waals surface area contributed by atoms with Gasteiger partial charge in [0.15, 0.2) is 0 Å². The van der Waals surface area contributed by atoms with Crippen LogP contribution in [-0.2, 0) is 4.74 Å². The molecule has 0 saturated carbocycles. The van der Waals surface area contributed by atoms with Crippen molar-refractivity contribution in [2.24, 2.45) is 0 Å². The van der Waals surface area contributed by atoms with Crippen molar-refractivity contribution < 1.29 is 13.9 Å². The Morgan fingerprint density at radius 3 is 2.62 bits per heavy atom. The fourth-order valence-electron chi connectivity index (χ4n) is 3.26. The summed E-state index contributed by atoms with van der Waals surface area (Å²) in [5.41, 5.74) is 0.618. The fraction of sp³-hybridized carbons (Fsp3) is 0.238. The second-order valence-electron chi connectivity index (χ2n) is 6.37. The molecule has 0 radical (unpaired) electrons. The molecule has 5 heteroatoms. The minimum atomic E-state index is -0.623. The number of amides is 1. The monoisotopic (exact) mass is 349 g/mol. The third-order valence-corrected chi connectivity index (χ3v) is 4.60. The van der Waals surface area contributed by atoms with Crippen LogP contribution in [0.2, 0.25) is 0 Å². The molecule has 1 amide bonds. The van der Waals surface area contributed by atoms with Crippen molar-refractivity contribution in [3.63, 3.8) is 0 Å². The highest BCUT2D eigenvalue weighted by atomic mass is 16.5. The summed E-state index contributed by atoms with van der Waals surface area (Å²) in [6.45, 7) is 1.12. The van der Waals surface area contributed by atoms with Gasteiger partial charge in [0.25, 0.3) is 5.91 Å². The third-order valence-electron chi connectivity index (χ3n) is 4.60. The number of benzene rings is 2. The summed E-state index contributed by atoms with van der Waals surface area (Å²) in [6.07, 6.45) is 1.87. The maximum absolute atomic E-state index is 13.2. The van der Waals surface area contributed by atoms with E-state index in [0.29, 0.717) is 18.7 Å². The molecule has 1 unspecified atom stereocenters. The fourth-order valence-corrected chi connectivity index (χ4v) is 3.26. The van der Waals surface area contributed by atoms with Crippen LogP contribution in [0, 0.1) is 0 Å². The molecule has 26 heavy (non-hydrogen) atoms. The molecule has 132 valence electrons. The Balaban J connectivity index is 1.74. The quantitative estimate of drug-likeness (QED) is 0.675. The molecule has 0 bridgehead atoms. The first-order valence-corrected chi connectivity index (χ1v) is 8.74. The lowest BCUT2D eigenvalue weighted by Gasteiger charge is -2.25. The topological polar surface area (TPSA) is 59.8 Å². The van der Waals surface area contributed by atoms with Gasteiger partial charge in [-0.3, -0.25) is 4.79 Å². The number of carbonyl (C=O) groups excluding carboxylic acids is 1. The number of fused-ring (bicyclic) bond motifs is 1. The number of para-hydroxylation sites is 2. The predicted molar refractivity (Wildman–Crippen MR) is 99.6 cm³/mol. The minimum Gasteiger partial charge on any atom is -0.422 e. The number of hydrogen-bond donors (Lipinski definition) is 0. The van der Waals surface area contributed by atoms with Crippen LogP contribution in [-0.4, -0.2) is 25.2 Å². The molecule has 5 nitrogen and oxygen atoms in total. The molecule has 1 aliphatic rings. The van der Waals surface area contributed by atoms with E-state index in [9.17, 15) is 9.59 Å². The molecule has 1 fully saturated rings. The summed E-state index contributed by atoms with van der Waals surface area (Å²) < 4.78 is 11.0. The van der Waals surface area contributed by atoms with E-state index in [1.165, 1.54) is 0 Å². The lowest BCUT2D eigenvalue weighted by atomic mass is 10.1. The number of carbonyl (C=O) groups is 1. The van der Waals surface area contributed by atoms with Gasteiger partial charge < -0.3 is 14.1 Å². The van der Waals surface area contributed by atoms with Gasteiger partial charge in [0.05, 0.1) is 12.6 Å². The first kappa shape index (κ1) is 16.5. The normalized spacial score (nSPS) is 16.7. The van der Waals surface area contributed by atoms with Crippen molar-refractivity contribution in [1.29, 1.82) is 0 Å². The standard InChI is InChI=1S/C21H19NO4/c23-20(18-13-15-7-4-5-11-19(15)26-21(18)24)22(14-17-10-6-12-25-17)16-8-2-1-3-9-16/h1-5,7-9,11,13,17H,6,10,12,14H2. The first-order valence-electron chi connectivity index (χ1n) is 8.74. The summed E-state index contributed by atoms with van der Waals surface area (Å²) in [5.74, 6) is -0.369. The molecular formula is C21H19NO4. The summed E-state index contributed by atoms with van der Waals surface area (Å²) in [4.78, 5) is 27.2. The maximum Gasteiger partial charge on any atom is 0.349 e. The van der Waals surface area contributed by atoms with E-state index >= 15 is 0 Å². The van der Waals surface area contributed by atoms with Crippen molar-refractivity contribution >= 4 is 22.6 Å². The van der Waals surface area contributed by atoms with E-state index < -0.39 is 5.63 Å². The lowest BCUT2D eigenvalue weighted by Crippen LogP contribution is -2.39. The number of nitrogens with zero attached hydrogens (tertiary/aromatic N) is 1. The molecule has 1 atom stereocenters. The number of anilines is 1. The first-order chi connectivity index (χ1) is 12.7. The second-order valence-corrected chi connectivity index (χ2v) is 6.37. The highest BCUT2D eigenvalue weighted by molar-refractivity contribution is 6.07. The van der Waals surface area contributed by atoms with Gasteiger partial charge in [-0.2, -0.15) is 0 Å². The van der Waals surface area contributed by atoms with Crippen molar-refractivity contribution in [3.8, 4) is 0 Å². The molecule has 3 aromatic rings. The smallest absolute Gasteiger partial charge is 0.349 e. The van der Waals surface area contributed by atoms with Crippen LogP contribution < -0.4 is 10.5 Å². The van der Waals surface area contributed by atoms with Crippen molar-refractivity contribution in [2.75, 3.05) is 18.1 Å². The Morgan fingerprint density at radius 1 is 1.08 bits per heavy atom. The zero-order valence-electron chi connectivity index (χ0n) is 14.3. The van der Waals surface area contributed by atoms with E-state index in [-0.39, 0.29) is 17.6 Å². The predicted octanol–water partition coefficient (Wildman–Crippen LogP) is 3.62. The van der Waals surface area contributed by atoms with Crippen LogP contribution in [0.3, 0.4) is 0 Å². The van der Waals surface area contributed by atoms with Gasteiger partial charge in [-0.25, -0.2) is 4.79 Å². The van der Waals surface area contributed by atoms with Gasteiger partial charge in [0.1, 0.15) is 11.1 Å². The number of rotatable bonds is 4. The van der Waals surface area contributed by atoms with Gasteiger partial charge in [0, 0.05) is 17.7 Å². The molecule has 1 saturated heterocycles. The molecule has 2 aromatic carbocycles. The van der Waals surface area contributed by atoms with Gasteiger partial charge >= 0.3 is 5.63 Å². The number of hydrogen-bond acceptors (Lipinski definition) is 4. The summed E-state index contributed by atoms with van der Waals surface area (Å²) in [6, 6.07) is 18.1. The van der Waals surface area contributed by atoms with Crippen molar-refractivity contribution in [1.82, 2.24) is 0 Å². The lowest BCUT2D eigenvalue weighted by molar-refractivity contribution is 0.0914. The van der Waals surface area contributed by atoms with Crippen LogP contribution in [0.15, 0.2) is 69.9 Å². The van der Waals surface area contributed by atoms with Crippen LogP contribution in [0.25, 0.3) is 11.0 Å². The van der Waals surface area contributed by atoms with E-state index in [0.717, 1.165) is 23.9 Å². The Labute approximate surface area is 150 Å². The van der Waals surface area contributed by atoms with Gasteiger partial charge in [-0.1, -0.05) is 36.4 Å². The summed E-state index contributed by atoms with van der Waals surface area (Å²) in [5, 5.41) is 0.723. The Kier molecular flexibility index (Phi) is 4.54. The molecule has 1 aliphatic heterocycles. The van der Waals surface area contributed by atoms with E-state index in [2.05, 4.69) is 0 Å². The molecule has 0 aliphatic carbocycles. The SMILES string of the molecule is O=C(c1cc2ccccc2oc1=O)N(CC1CCCO1)c1ccccc1. The Hall–Kier alpha value is -2.92. The van der Waals surface area contributed by atoms with Gasteiger partial charge in [-0.05, 0) is 37.1 Å². The average Bonchev–Trinajstić information content (AvgIpc) is 3.19. The van der Waals surface area contributed by atoms with Crippen molar-refractivity contribution in [3.05, 3.63) is 76.6 Å².